The SMILES string of the molecule is COc1ccc(/C=C2\C(=O)NC(=O)N(c3cccc([N+](=O)[O-])c3)C2=O)c(OCc2ccc(Cl)c(Cl)c2)c1. The molecule has 1 saturated heterocycles. The molecule has 0 bridgehead atoms. The van der Waals surface area contributed by atoms with E-state index in [2.05, 4.69) is 5.32 Å². The molecule has 0 saturated carbocycles. The summed E-state index contributed by atoms with van der Waals surface area (Å²) in [6, 6.07) is 13.7. The number of ether oxygens (including phenoxy) is 2. The first-order chi connectivity index (χ1) is 17.7. The Labute approximate surface area is 220 Å². The Balaban J connectivity index is 1.69. The van der Waals surface area contributed by atoms with Crippen molar-refractivity contribution in [3.8, 4) is 11.5 Å². The number of nitro benzene ring substituents is 1. The van der Waals surface area contributed by atoms with Crippen molar-refractivity contribution in [1.82, 2.24) is 5.32 Å². The molecule has 0 radical (unpaired) electrons. The molecule has 1 N–H and O–H groups in total. The number of non-ortho nitro benzene ring substituents is 1. The number of halogens is 2. The number of methoxy groups -OCH3 is 1. The number of anilines is 1. The molecule has 3 aromatic rings. The molecule has 10 nitrogen and oxygen atoms in total. The topological polar surface area (TPSA) is 128 Å². The van der Waals surface area contributed by atoms with E-state index in [4.69, 9.17) is 32.7 Å². The Bertz CT molecular complexity index is 1470. The fourth-order valence-corrected chi connectivity index (χ4v) is 3.79. The van der Waals surface area contributed by atoms with Crippen LogP contribution in [0.15, 0.2) is 66.2 Å². The highest BCUT2D eigenvalue weighted by Crippen LogP contribution is 2.31. The molecule has 0 unspecified atom stereocenters. The van der Waals surface area contributed by atoms with Gasteiger partial charge < -0.3 is 9.47 Å². The van der Waals surface area contributed by atoms with E-state index < -0.39 is 22.8 Å². The lowest BCUT2D eigenvalue weighted by Crippen LogP contribution is -2.54. The second kappa shape index (κ2) is 10.7. The van der Waals surface area contributed by atoms with Gasteiger partial charge in [-0.3, -0.25) is 25.0 Å². The average molecular weight is 542 g/mol. The first kappa shape index (κ1) is 25.7. The molecule has 188 valence electrons. The van der Waals surface area contributed by atoms with Crippen LogP contribution < -0.4 is 19.7 Å². The van der Waals surface area contributed by atoms with Gasteiger partial charge in [0, 0.05) is 23.8 Å². The fraction of sp³-hybridized carbons (Fsp3) is 0.0800. The highest BCUT2D eigenvalue weighted by Gasteiger charge is 2.37. The number of benzene rings is 3. The van der Waals surface area contributed by atoms with Gasteiger partial charge in [-0.05, 0) is 42.0 Å². The van der Waals surface area contributed by atoms with Crippen LogP contribution in [0.25, 0.3) is 6.08 Å². The number of hydrogen-bond donors (Lipinski definition) is 1. The van der Waals surface area contributed by atoms with Crippen molar-refractivity contribution in [2.24, 2.45) is 0 Å². The summed E-state index contributed by atoms with van der Waals surface area (Å²) in [7, 11) is 1.47. The van der Waals surface area contributed by atoms with Crippen molar-refractivity contribution in [3.05, 3.63) is 97.5 Å². The second-order valence-corrected chi connectivity index (χ2v) is 8.49. The predicted molar refractivity (Wildman–Crippen MR) is 136 cm³/mol. The van der Waals surface area contributed by atoms with E-state index in [1.807, 2.05) is 0 Å². The quantitative estimate of drug-likeness (QED) is 0.189. The molecular weight excluding hydrogens is 525 g/mol. The van der Waals surface area contributed by atoms with Crippen molar-refractivity contribution in [3.63, 3.8) is 0 Å². The van der Waals surface area contributed by atoms with Crippen LogP contribution in [0.5, 0.6) is 11.5 Å². The molecule has 12 heteroatoms. The smallest absolute Gasteiger partial charge is 0.335 e. The van der Waals surface area contributed by atoms with Crippen molar-refractivity contribution < 1.29 is 28.8 Å². The Hall–Kier alpha value is -4.41. The van der Waals surface area contributed by atoms with Gasteiger partial charge >= 0.3 is 6.03 Å². The van der Waals surface area contributed by atoms with Crippen molar-refractivity contribution in [1.29, 1.82) is 0 Å². The van der Waals surface area contributed by atoms with Crippen molar-refractivity contribution >= 4 is 58.5 Å². The largest absolute Gasteiger partial charge is 0.497 e. The number of nitrogens with zero attached hydrogens (tertiary/aromatic N) is 2. The fourth-order valence-electron chi connectivity index (χ4n) is 3.47. The number of imide groups is 2. The van der Waals surface area contributed by atoms with Gasteiger partial charge in [-0.15, -0.1) is 0 Å². The predicted octanol–water partition coefficient (Wildman–Crippen LogP) is 5.16. The lowest BCUT2D eigenvalue weighted by Gasteiger charge is -2.26. The molecule has 1 aliphatic heterocycles. The lowest BCUT2D eigenvalue weighted by molar-refractivity contribution is -0.384. The van der Waals surface area contributed by atoms with Crippen LogP contribution in [-0.2, 0) is 16.2 Å². The zero-order valence-corrected chi connectivity index (χ0v) is 20.6. The first-order valence-electron chi connectivity index (χ1n) is 10.6. The molecule has 4 rings (SSSR count). The van der Waals surface area contributed by atoms with Crippen LogP contribution in [0.3, 0.4) is 0 Å². The maximum atomic E-state index is 13.2. The molecule has 4 amide bonds. The summed E-state index contributed by atoms with van der Waals surface area (Å²) in [6.45, 7) is 0.0820. The minimum absolute atomic E-state index is 0.0686. The summed E-state index contributed by atoms with van der Waals surface area (Å²) in [5, 5.41) is 14.0. The van der Waals surface area contributed by atoms with Gasteiger partial charge in [0.15, 0.2) is 0 Å². The third-order valence-electron chi connectivity index (χ3n) is 5.30. The number of hydrogen-bond acceptors (Lipinski definition) is 7. The van der Waals surface area contributed by atoms with Crippen molar-refractivity contribution in [2.45, 2.75) is 6.61 Å². The van der Waals surface area contributed by atoms with Gasteiger partial charge in [0.1, 0.15) is 23.7 Å². The van der Waals surface area contributed by atoms with Crippen LogP contribution >= 0.6 is 23.2 Å². The molecular formula is C25H17Cl2N3O7. The molecule has 1 fully saturated rings. The monoisotopic (exact) mass is 541 g/mol. The highest BCUT2D eigenvalue weighted by atomic mass is 35.5. The normalized spacial score (nSPS) is 14.5. The summed E-state index contributed by atoms with van der Waals surface area (Å²) in [6.07, 6.45) is 1.26. The summed E-state index contributed by atoms with van der Waals surface area (Å²) < 4.78 is 11.2. The molecule has 37 heavy (non-hydrogen) atoms. The number of amides is 4. The van der Waals surface area contributed by atoms with Crippen LogP contribution in [0.1, 0.15) is 11.1 Å². The van der Waals surface area contributed by atoms with Gasteiger partial charge in [-0.25, -0.2) is 9.69 Å². The van der Waals surface area contributed by atoms with Crippen LogP contribution in [0.4, 0.5) is 16.2 Å². The minimum atomic E-state index is -1.03. The minimum Gasteiger partial charge on any atom is -0.497 e. The second-order valence-electron chi connectivity index (χ2n) is 7.68. The third kappa shape index (κ3) is 5.55. The van der Waals surface area contributed by atoms with Crippen LogP contribution in [0.2, 0.25) is 10.0 Å². The number of urea groups is 1. The summed E-state index contributed by atoms with van der Waals surface area (Å²) in [5.74, 6) is -1.15. The molecule has 1 aliphatic rings. The molecule has 0 aromatic heterocycles. The Morgan fingerprint density at radius 2 is 1.81 bits per heavy atom. The average Bonchev–Trinajstić information content (AvgIpc) is 2.87. The van der Waals surface area contributed by atoms with Crippen molar-refractivity contribution in [2.75, 3.05) is 12.0 Å². The molecule has 3 aromatic carbocycles. The number of rotatable bonds is 7. The van der Waals surface area contributed by atoms with E-state index in [9.17, 15) is 24.5 Å². The number of nitrogens with one attached hydrogen (secondary N) is 1. The Morgan fingerprint density at radius 1 is 1.03 bits per heavy atom. The summed E-state index contributed by atoms with van der Waals surface area (Å²) in [5.41, 5.74) is 0.280. The molecule has 0 atom stereocenters. The van der Waals surface area contributed by atoms with Crippen LogP contribution in [-0.4, -0.2) is 29.9 Å². The van der Waals surface area contributed by atoms with E-state index >= 15 is 0 Å². The standard InChI is InChI=1S/C25H17Cl2N3O7/c1-36-18-7-6-15(22(12-18)37-13-14-5-8-20(26)21(27)9-14)10-19-23(31)28-25(33)29(24(19)32)16-3-2-4-17(11-16)30(34)35/h2-12H,13H2,1H3,(H,28,31,33)/b19-10+. The van der Waals surface area contributed by atoms with Gasteiger partial charge in [0.25, 0.3) is 17.5 Å². The van der Waals surface area contributed by atoms with E-state index in [1.54, 1.807) is 36.4 Å². The zero-order valence-electron chi connectivity index (χ0n) is 19.1. The number of barbiturate groups is 1. The van der Waals surface area contributed by atoms with E-state index in [-0.39, 0.29) is 29.3 Å². The number of carbonyl (C=O) groups excluding carboxylic acids is 3. The first-order valence-corrected chi connectivity index (χ1v) is 11.3. The third-order valence-corrected chi connectivity index (χ3v) is 6.04. The van der Waals surface area contributed by atoms with E-state index in [0.29, 0.717) is 31.8 Å². The maximum Gasteiger partial charge on any atom is 0.335 e. The molecule has 0 aliphatic carbocycles. The summed E-state index contributed by atoms with van der Waals surface area (Å²) >= 11 is 12.0. The van der Waals surface area contributed by atoms with E-state index in [1.165, 1.54) is 31.4 Å². The maximum absolute atomic E-state index is 13.2. The highest BCUT2D eigenvalue weighted by molar-refractivity contribution is 6.42. The number of nitro groups is 1. The number of carbonyl (C=O) groups is 3. The van der Waals surface area contributed by atoms with Gasteiger partial charge in [-0.2, -0.15) is 0 Å². The molecule has 1 heterocycles. The van der Waals surface area contributed by atoms with Gasteiger partial charge in [0.05, 0.1) is 27.8 Å². The Morgan fingerprint density at radius 3 is 2.51 bits per heavy atom. The Kier molecular flexibility index (Phi) is 7.42. The van der Waals surface area contributed by atoms with Gasteiger partial charge in [0.2, 0.25) is 0 Å². The van der Waals surface area contributed by atoms with E-state index in [0.717, 1.165) is 6.07 Å². The van der Waals surface area contributed by atoms with Gasteiger partial charge in [-0.1, -0.05) is 35.3 Å². The molecule has 0 spiro atoms. The lowest BCUT2D eigenvalue weighted by atomic mass is 10.1. The zero-order chi connectivity index (χ0) is 26.7. The van der Waals surface area contributed by atoms with Crippen LogP contribution in [0, 0.1) is 10.1 Å². The summed E-state index contributed by atoms with van der Waals surface area (Å²) in [4.78, 5) is 49.4.